The van der Waals surface area contributed by atoms with Crippen molar-refractivity contribution in [3.05, 3.63) is 65.7 Å². The minimum Gasteiger partial charge on any atom is -0.456 e. The van der Waals surface area contributed by atoms with Crippen molar-refractivity contribution in [2.75, 3.05) is 13.2 Å². The van der Waals surface area contributed by atoms with E-state index in [9.17, 15) is 5.11 Å². The normalized spacial score (nSPS) is 24.2. The van der Waals surface area contributed by atoms with Crippen LogP contribution < -0.4 is 9.47 Å². The summed E-state index contributed by atoms with van der Waals surface area (Å²) in [6.45, 7) is 0.546. The zero-order chi connectivity index (χ0) is 22.4. The van der Waals surface area contributed by atoms with Gasteiger partial charge in [0.2, 0.25) is 5.88 Å². The van der Waals surface area contributed by atoms with E-state index < -0.39 is 6.10 Å². The molecule has 33 heavy (non-hydrogen) atoms. The number of benzene rings is 2. The number of aromatic nitrogens is 3. The maximum atomic E-state index is 9.89. The highest BCUT2D eigenvalue weighted by Gasteiger charge is 2.48. The molecule has 2 aliphatic heterocycles. The molecule has 0 amide bonds. The maximum Gasteiger partial charge on any atom is 0.296 e. The highest BCUT2D eigenvalue weighted by molar-refractivity contribution is 6.32. The summed E-state index contributed by atoms with van der Waals surface area (Å²) in [7, 11) is 0. The summed E-state index contributed by atoms with van der Waals surface area (Å²) in [6, 6.07) is 19.8. The number of fused-ring (bicyclic) bond motifs is 2. The van der Waals surface area contributed by atoms with E-state index in [0.717, 1.165) is 11.1 Å². The molecule has 2 aromatic carbocycles. The van der Waals surface area contributed by atoms with Crippen molar-refractivity contribution in [2.24, 2.45) is 0 Å². The molecule has 0 bridgehead atoms. The Morgan fingerprint density at radius 2 is 1.70 bits per heavy atom. The molecule has 1 unspecified atom stereocenters. The molecule has 2 saturated heterocycles. The summed E-state index contributed by atoms with van der Waals surface area (Å²) in [4.78, 5) is 11.9. The summed E-state index contributed by atoms with van der Waals surface area (Å²) in [5.41, 5.74) is 3.24. The molecule has 0 aliphatic carbocycles. The van der Waals surface area contributed by atoms with Crippen molar-refractivity contribution < 1.29 is 24.1 Å². The second kappa shape index (κ2) is 8.31. The van der Waals surface area contributed by atoms with Crippen LogP contribution in [-0.4, -0.2) is 57.7 Å². The second-order valence-electron chi connectivity index (χ2n) is 8.00. The third-order valence-corrected chi connectivity index (χ3v) is 6.06. The molecule has 168 valence electrons. The van der Waals surface area contributed by atoms with E-state index in [4.69, 9.17) is 30.5 Å². The number of hydrogen-bond acceptors (Lipinski definition) is 7. The number of imidazole rings is 1. The quantitative estimate of drug-likeness (QED) is 0.460. The van der Waals surface area contributed by atoms with E-state index in [0.29, 0.717) is 28.5 Å². The predicted octanol–water partition coefficient (Wildman–Crippen LogP) is 3.98. The van der Waals surface area contributed by atoms with Gasteiger partial charge < -0.3 is 29.0 Å². The molecule has 4 atom stereocenters. The van der Waals surface area contributed by atoms with Crippen molar-refractivity contribution in [3.8, 4) is 28.8 Å². The SMILES string of the molecule is O[C@@H]1COC2[C@H](Oc3nc4nc(Oc5ccc(-c6ccccc6)cc5)c(Cl)cc4[nH]3)CO[C@@H]21. The van der Waals surface area contributed by atoms with E-state index in [1.807, 2.05) is 42.5 Å². The molecular weight excluding hydrogens is 446 g/mol. The van der Waals surface area contributed by atoms with Crippen LogP contribution in [0, 0.1) is 0 Å². The number of pyridine rings is 1. The van der Waals surface area contributed by atoms with Crippen LogP contribution in [0.25, 0.3) is 22.3 Å². The Balaban J connectivity index is 1.19. The summed E-state index contributed by atoms with van der Waals surface area (Å²) < 4.78 is 23.0. The number of nitrogens with one attached hydrogen (secondary N) is 1. The molecule has 2 N–H and O–H groups in total. The van der Waals surface area contributed by atoms with Crippen LogP contribution in [0.1, 0.15) is 0 Å². The van der Waals surface area contributed by atoms with Gasteiger partial charge in [-0.15, -0.1) is 0 Å². The molecular formula is C24H20ClN3O5. The lowest BCUT2D eigenvalue weighted by Gasteiger charge is -2.15. The van der Waals surface area contributed by atoms with Gasteiger partial charge in [0, 0.05) is 0 Å². The Morgan fingerprint density at radius 1 is 0.939 bits per heavy atom. The van der Waals surface area contributed by atoms with E-state index in [1.165, 1.54) is 0 Å². The Hall–Kier alpha value is -3.17. The molecule has 0 radical (unpaired) electrons. The van der Waals surface area contributed by atoms with Gasteiger partial charge in [-0.2, -0.15) is 9.97 Å². The Kier molecular flexibility index (Phi) is 5.15. The molecule has 4 heterocycles. The van der Waals surface area contributed by atoms with Crippen molar-refractivity contribution in [2.45, 2.75) is 24.4 Å². The lowest BCUT2D eigenvalue weighted by atomic mass is 10.1. The fraction of sp³-hybridized carbons (Fsp3) is 0.250. The summed E-state index contributed by atoms with van der Waals surface area (Å²) >= 11 is 6.41. The lowest BCUT2D eigenvalue weighted by molar-refractivity contribution is 0.00706. The maximum absolute atomic E-state index is 9.89. The van der Waals surface area contributed by atoms with Gasteiger partial charge in [-0.25, -0.2) is 0 Å². The molecule has 2 aromatic heterocycles. The average molecular weight is 466 g/mol. The number of H-pyrrole nitrogens is 1. The number of aliphatic hydroxyl groups is 1. The molecule has 8 nitrogen and oxygen atoms in total. The minimum absolute atomic E-state index is 0.236. The Morgan fingerprint density at radius 3 is 2.52 bits per heavy atom. The number of rotatable bonds is 5. The first-order valence-corrected chi connectivity index (χ1v) is 11.0. The first-order valence-electron chi connectivity index (χ1n) is 10.6. The van der Waals surface area contributed by atoms with Gasteiger partial charge >= 0.3 is 0 Å². The van der Waals surface area contributed by atoms with Gasteiger partial charge in [0.05, 0.1) is 18.7 Å². The first kappa shape index (κ1) is 20.4. The fourth-order valence-electron chi connectivity index (χ4n) is 4.15. The number of ether oxygens (including phenoxy) is 4. The predicted molar refractivity (Wildman–Crippen MR) is 121 cm³/mol. The van der Waals surface area contributed by atoms with Gasteiger partial charge in [0.1, 0.15) is 29.1 Å². The highest BCUT2D eigenvalue weighted by atomic mass is 35.5. The molecule has 0 saturated carbocycles. The van der Waals surface area contributed by atoms with E-state index in [2.05, 4.69) is 27.1 Å². The van der Waals surface area contributed by atoms with Crippen LogP contribution >= 0.6 is 11.6 Å². The molecule has 0 spiro atoms. The highest BCUT2D eigenvalue weighted by Crippen LogP contribution is 2.33. The van der Waals surface area contributed by atoms with Crippen LogP contribution in [0.3, 0.4) is 0 Å². The summed E-state index contributed by atoms with van der Waals surface area (Å²) in [6.07, 6.45) is -1.72. The van der Waals surface area contributed by atoms with Gasteiger partial charge in [0.25, 0.3) is 6.01 Å². The van der Waals surface area contributed by atoms with E-state index in [-0.39, 0.29) is 36.8 Å². The van der Waals surface area contributed by atoms with Crippen molar-refractivity contribution in [3.63, 3.8) is 0 Å². The molecule has 6 rings (SSSR count). The minimum atomic E-state index is -0.638. The smallest absolute Gasteiger partial charge is 0.296 e. The monoisotopic (exact) mass is 465 g/mol. The Bertz CT molecular complexity index is 1280. The molecule has 9 heteroatoms. The van der Waals surface area contributed by atoms with Gasteiger partial charge in [-0.3, -0.25) is 0 Å². The van der Waals surface area contributed by atoms with Crippen molar-refractivity contribution >= 4 is 22.8 Å². The third kappa shape index (κ3) is 3.91. The second-order valence-corrected chi connectivity index (χ2v) is 8.41. The average Bonchev–Trinajstić information content (AvgIpc) is 3.52. The molecule has 2 aliphatic rings. The summed E-state index contributed by atoms with van der Waals surface area (Å²) in [5.74, 6) is 0.864. The van der Waals surface area contributed by atoms with Crippen LogP contribution in [0.5, 0.6) is 17.6 Å². The topological polar surface area (TPSA) is 98.7 Å². The number of aromatic amines is 1. The van der Waals surface area contributed by atoms with E-state index >= 15 is 0 Å². The van der Waals surface area contributed by atoms with Crippen LogP contribution in [0.2, 0.25) is 5.02 Å². The van der Waals surface area contributed by atoms with E-state index in [1.54, 1.807) is 6.07 Å². The largest absolute Gasteiger partial charge is 0.456 e. The molecule has 4 aromatic rings. The molecule has 2 fully saturated rings. The van der Waals surface area contributed by atoms with Crippen LogP contribution in [0.15, 0.2) is 60.7 Å². The van der Waals surface area contributed by atoms with Crippen LogP contribution in [-0.2, 0) is 9.47 Å². The standard InChI is InChI=1S/C24H20ClN3O5/c25-16-10-17-22(28-24(26-17)33-19-12-31-20-18(29)11-30-21(19)20)27-23(16)32-15-8-6-14(7-9-15)13-4-2-1-3-5-13/h1-10,18-21,29H,11-12H2,(H,26,27,28)/t18-,19-,20-,21?/m1/s1. The van der Waals surface area contributed by atoms with Crippen LogP contribution in [0.4, 0.5) is 0 Å². The zero-order valence-electron chi connectivity index (χ0n) is 17.3. The number of nitrogens with zero attached hydrogens (tertiary/aromatic N) is 2. The number of hydrogen-bond donors (Lipinski definition) is 2. The first-order chi connectivity index (χ1) is 16.1. The third-order valence-electron chi connectivity index (χ3n) is 5.79. The number of halogens is 1. The number of aliphatic hydroxyl groups excluding tert-OH is 1. The van der Waals surface area contributed by atoms with Gasteiger partial charge in [-0.1, -0.05) is 54.1 Å². The van der Waals surface area contributed by atoms with Crippen molar-refractivity contribution in [1.82, 2.24) is 15.0 Å². The fourth-order valence-corrected chi connectivity index (χ4v) is 4.34. The van der Waals surface area contributed by atoms with Gasteiger partial charge in [-0.05, 0) is 29.3 Å². The summed E-state index contributed by atoms with van der Waals surface area (Å²) in [5, 5.41) is 10.2. The van der Waals surface area contributed by atoms with Crippen molar-refractivity contribution in [1.29, 1.82) is 0 Å². The Labute approximate surface area is 194 Å². The lowest BCUT2D eigenvalue weighted by Crippen LogP contribution is -2.34. The zero-order valence-corrected chi connectivity index (χ0v) is 18.1. The van der Waals surface area contributed by atoms with Gasteiger partial charge in [0.15, 0.2) is 11.8 Å².